The SMILES string of the molecule is CCCC(NCc1csc(-c2ccccc2)n1)C(=O)O. The normalized spacial score (nSPS) is 12.2. The van der Waals surface area contributed by atoms with E-state index >= 15 is 0 Å². The van der Waals surface area contributed by atoms with Gasteiger partial charge in [0.25, 0.3) is 0 Å². The van der Waals surface area contributed by atoms with Crippen LogP contribution in [0.5, 0.6) is 0 Å². The van der Waals surface area contributed by atoms with E-state index in [1.54, 1.807) is 11.3 Å². The number of nitrogens with one attached hydrogen (secondary N) is 1. The summed E-state index contributed by atoms with van der Waals surface area (Å²) < 4.78 is 0. The number of aromatic nitrogens is 1. The highest BCUT2D eigenvalue weighted by atomic mass is 32.1. The highest BCUT2D eigenvalue weighted by Gasteiger charge is 2.15. The second-order valence-corrected chi connectivity index (χ2v) is 5.43. The summed E-state index contributed by atoms with van der Waals surface area (Å²) in [5, 5.41) is 15.1. The van der Waals surface area contributed by atoms with E-state index < -0.39 is 12.0 Å². The maximum absolute atomic E-state index is 11.1. The van der Waals surface area contributed by atoms with Gasteiger partial charge in [0, 0.05) is 17.5 Å². The van der Waals surface area contributed by atoms with E-state index in [0.717, 1.165) is 22.7 Å². The lowest BCUT2D eigenvalue weighted by atomic mass is 10.1. The molecule has 0 aliphatic rings. The molecule has 4 nitrogen and oxygen atoms in total. The van der Waals surface area contributed by atoms with Crippen molar-refractivity contribution in [1.29, 1.82) is 0 Å². The Hall–Kier alpha value is -1.72. The van der Waals surface area contributed by atoms with Crippen molar-refractivity contribution in [2.24, 2.45) is 0 Å². The molecule has 0 saturated carbocycles. The van der Waals surface area contributed by atoms with Crippen LogP contribution in [0.1, 0.15) is 25.5 Å². The Morgan fingerprint density at radius 2 is 2.15 bits per heavy atom. The van der Waals surface area contributed by atoms with Crippen molar-refractivity contribution < 1.29 is 9.90 Å². The summed E-state index contributed by atoms with van der Waals surface area (Å²) in [5.74, 6) is -0.801. The molecule has 0 aliphatic carbocycles. The van der Waals surface area contributed by atoms with Crippen LogP contribution in [0.2, 0.25) is 0 Å². The Kier molecular flexibility index (Phi) is 5.26. The first-order valence-corrected chi connectivity index (χ1v) is 7.54. The van der Waals surface area contributed by atoms with Crippen LogP contribution in [-0.4, -0.2) is 22.1 Å². The van der Waals surface area contributed by atoms with Crippen LogP contribution in [0.4, 0.5) is 0 Å². The zero-order valence-corrected chi connectivity index (χ0v) is 12.2. The van der Waals surface area contributed by atoms with E-state index in [-0.39, 0.29) is 0 Å². The van der Waals surface area contributed by atoms with Crippen molar-refractivity contribution in [2.75, 3.05) is 0 Å². The number of nitrogens with zero attached hydrogens (tertiary/aromatic N) is 1. The van der Waals surface area contributed by atoms with E-state index in [1.165, 1.54) is 0 Å². The van der Waals surface area contributed by atoms with Gasteiger partial charge in [-0.2, -0.15) is 0 Å². The maximum atomic E-state index is 11.1. The van der Waals surface area contributed by atoms with Gasteiger partial charge in [-0.1, -0.05) is 43.7 Å². The van der Waals surface area contributed by atoms with Crippen LogP contribution >= 0.6 is 11.3 Å². The minimum absolute atomic E-state index is 0.486. The lowest BCUT2D eigenvalue weighted by molar-refractivity contribution is -0.139. The molecule has 0 fully saturated rings. The summed E-state index contributed by atoms with van der Waals surface area (Å²) in [4.78, 5) is 15.6. The molecule has 1 aromatic heterocycles. The van der Waals surface area contributed by atoms with Crippen molar-refractivity contribution in [3.05, 3.63) is 41.4 Å². The average Bonchev–Trinajstić information content (AvgIpc) is 2.93. The zero-order valence-electron chi connectivity index (χ0n) is 11.4. The number of hydrogen-bond donors (Lipinski definition) is 2. The molecule has 1 unspecified atom stereocenters. The van der Waals surface area contributed by atoms with Gasteiger partial charge in [0.05, 0.1) is 5.69 Å². The number of rotatable bonds is 7. The largest absolute Gasteiger partial charge is 0.480 e. The van der Waals surface area contributed by atoms with Crippen LogP contribution in [-0.2, 0) is 11.3 Å². The molecule has 0 bridgehead atoms. The molecule has 0 aliphatic heterocycles. The van der Waals surface area contributed by atoms with Gasteiger partial charge >= 0.3 is 5.97 Å². The first-order chi connectivity index (χ1) is 9.70. The minimum Gasteiger partial charge on any atom is -0.480 e. The fraction of sp³-hybridized carbons (Fsp3) is 0.333. The van der Waals surface area contributed by atoms with Crippen molar-refractivity contribution in [3.63, 3.8) is 0 Å². The number of carboxylic acids is 1. The molecule has 2 N–H and O–H groups in total. The molecule has 0 saturated heterocycles. The third-order valence-electron chi connectivity index (χ3n) is 2.98. The third-order valence-corrected chi connectivity index (χ3v) is 3.92. The molecule has 1 heterocycles. The van der Waals surface area contributed by atoms with E-state index in [2.05, 4.69) is 10.3 Å². The van der Waals surface area contributed by atoms with E-state index in [4.69, 9.17) is 5.11 Å². The molecule has 0 radical (unpaired) electrons. The van der Waals surface area contributed by atoms with Crippen LogP contribution in [0.15, 0.2) is 35.7 Å². The standard InChI is InChI=1S/C15H18N2O2S/c1-2-6-13(15(18)19)16-9-12-10-20-14(17-12)11-7-4-3-5-8-11/h3-5,7-8,10,13,16H,2,6,9H2,1H3,(H,18,19). The van der Waals surface area contributed by atoms with Gasteiger partial charge in [-0.25, -0.2) is 4.98 Å². The highest BCUT2D eigenvalue weighted by molar-refractivity contribution is 7.13. The predicted octanol–water partition coefficient (Wildman–Crippen LogP) is 3.15. The summed E-state index contributed by atoms with van der Waals surface area (Å²) >= 11 is 1.58. The molecule has 1 atom stereocenters. The quantitative estimate of drug-likeness (QED) is 0.822. The monoisotopic (exact) mass is 290 g/mol. The summed E-state index contributed by atoms with van der Waals surface area (Å²) in [6, 6.07) is 9.48. The van der Waals surface area contributed by atoms with Gasteiger partial charge in [-0.3, -0.25) is 10.1 Å². The number of thiazole rings is 1. The molecular weight excluding hydrogens is 272 g/mol. The molecule has 106 valence electrons. The summed E-state index contributed by atoms with van der Waals surface area (Å²) in [6.07, 6.45) is 1.47. The van der Waals surface area contributed by atoms with E-state index in [0.29, 0.717) is 13.0 Å². The van der Waals surface area contributed by atoms with Gasteiger partial charge in [0.1, 0.15) is 11.0 Å². The summed E-state index contributed by atoms with van der Waals surface area (Å²) in [6.45, 7) is 2.47. The van der Waals surface area contributed by atoms with Crippen LogP contribution < -0.4 is 5.32 Å². The molecule has 0 amide bonds. The second kappa shape index (κ2) is 7.17. The second-order valence-electron chi connectivity index (χ2n) is 4.57. The Morgan fingerprint density at radius 1 is 1.40 bits per heavy atom. The van der Waals surface area contributed by atoms with E-state index in [1.807, 2.05) is 42.6 Å². The number of aliphatic carboxylic acids is 1. The lowest BCUT2D eigenvalue weighted by Crippen LogP contribution is -2.36. The van der Waals surface area contributed by atoms with Gasteiger partial charge in [0.2, 0.25) is 0 Å². The number of hydrogen-bond acceptors (Lipinski definition) is 4. The van der Waals surface area contributed by atoms with Gasteiger partial charge in [0.15, 0.2) is 0 Å². The number of benzene rings is 1. The van der Waals surface area contributed by atoms with Gasteiger partial charge in [-0.15, -0.1) is 11.3 Å². The van der Waals surface area contributed by atoms with Crippen molar-refractivity contribution >= 4 is 17.3 Å². The molecule has 0 spiro atoms. The predicted molar refractivity (Wildman–Crippen MR) is 80.7 cm³/mol. The fourth-order valence-corrected chi connectivity index (χ4v) is 2.76. The molecule has 5 heteroatoms. The Labute approximate surface area is 122 Å². The Bertz CT molecular complexity index is 554. The molecular formula is C15H18N2O2S. The van der Waals surface area contributed by atoms with E-state index in [9.17, 15) is 4.79 Å². The summed E-state index contributed by atoms with van der Waals surface area (Å²) in [7, 11) is 0. The molecule has 20 heavy (non-hydrogen) atoms. The zero-order chi connectivity index (χ0) is 14.4. The molecule has 2 aromatic rings. The Morgan fingerprint density at radius 3 is 2.80 bits per heavy atom. The van der Waals surface area contributed by atoms with Crippen LogP contribution in [0.25, 0.3) is 10.6 Å². The number of carbonyl (C=O) groups is 1. The average molecular weight is 290 g/mol. The molecule has 1 aromatic carbocycles. The lowest BCUT2D eigenvalue weighted by Gasteiger charge is -2.11. The molecule has 2 rings (SSSR count). The van der Waals surface area contributed by atoms with Crippen LogP contribution in [0.3, 0.4) is 0 Å². The first kappa shape index (κ1) is 14.7. The minimum atomic E-state index is -0.801. The fourth-order valence-electron chi connectivity index (χ4n) is 1.93. The van der Waals surface area contributed by atoms with Crippen molar-refractivity contribution in [1.82, 2.24) is 10.3 Å². The number of carboxylic acid groups (broad SMARTS) is 1. The smallest absolute Gasteiger partial charge is 0.320 e. The highest BCUT2D eigenvalue weighted by Crippen LogP contribution is 2.23. The Balaban J connectivity index is 1.98. The third kappa shape index (κ3) is 3.88. The summed E-state index contributed by atoms with van der Waals surface area (Å²) in [5.41, 5.74) is 1.98. The first-order valence-electron chi connectivity index (χ1n) is 6.66. The van der Waals surface area contributed by atoms with Crippen molar-refractivity contribution in [3.8, 4) is 10.6 Å². The van der Waals surface area contributed by atoms with Gasteiger partial charge in [-0.05, 0) is 6.42 Å². The van der Waals surface area contributed by atoms with Crippen LogP contribution in [0, 0.1) is 0 Å². The topological polar surface area (TPSA) is 62.2 Å². The van der Waals surface area contributed by atoms with Gasteiger partial charge < -0.3 is 5.11 Å². The maximum Gasteiger partial charge on any atom is 0.320 e. The van der Waals surface area contributed by atoms with Crippen molar-refractivity contribution in [2.45, 2.75) is 32.4 Å².